The number of hydrogen-bond donors (Lipinski definition) is 2. The third-order valence-electron chi connectivity index (χ3n) is 2.83. The first-order chi connectivity index (χ1) is 8.47. The van der Waals surface area contributed by atoms with Gasteiger partial charge in [-0.1, -0.05) is 0 Å². The van der Waals surface area contributed by atoms with Crippen LogP contribution in [0.2, 0.25) is 0 Å². The van der Waals surface area contributed by atoms with Gasteiger partial charge in [0.05, 0.1) is 25.6 Å². The number of rotatable bonds is 3. The lowest BCUT2D eigenvalue weighted by Gasteiger charge is -2.11. The second-order valence-corrected chi connectivity index (χ2v) is 4.11. The van der Waals surface area contributed by atoms with E-state index in [0.29, 0.717) is 5.65 Å². The molecule has 0 saturated heterocycles. The molecule has 0 aliphatic rings. The predicted octanol–water partition coefficient (Wildman–Crippen LogP) is -2.21. The van der Waals surface area contributed by atoms with Crippen LogP contribution in [0.4, 0.5) is 0 Å². The van der Waals surface area contributed by atoms with Crippen LogP contribution in [-0.4, -0.2) is 41.6 Å². The van der Waals surface area contributed by atoms with Crippen molar-refractivity contribution in [1.29, 1.82) is 0 Å². The van der Waals surface area contributed by atoms with Gasteiger partial charge in [-0.25, -0.2) is 9.78 Å². The second kappa shape index (κ2) is 4.39. The lowest BCUT2D eigenvalue weighted by Crippen LogP contribution is -2.37. The molecule has 1 unspecified atom stereocenters. The van der Waals surface area contributed by atoms with Crippen molar-refractivity contribution in [3.8, 4) is 0 Å². The lowest BCUT2D eigenvalue weighted by molar-refractivity contribution is 0.0818. The number of nitrogens with zero attached hydrogens (tertiary/aromatic N) is 4. The Hall–Kier alpha value is -1.93. The molecule has 8 heteroatoms. The Morgan fingerprint density at radius 2 is 2.00 bits per heavy atom. The molecule has 2 rings (SSSR count). The zero-order valence-corrected chi connectivity index (χ0v) is 10.1. The Bertz CT molecular complexity index is 696. The van der Waals surface area contributed by atoms with Crippen molar-refractivity contribution in [1.82, 2.24) is 18.7 Å². The van der Waals surface area contributed by atoms with Crippen LogP contribution in [0.15, 0.2) is 15.9 Å². The molecule has 0 saturated carbocycles. The lowest BCUT2D eigenvalue weighted by atomic mass is 10.4. The molecule has 18 heavy (non-hydrogen) atoms. The van der Waals surface area contributed by atoms with Crippen molar-refractivity contribution < 1.29 is 10.2 Å². The van der Waals surface area contributed by atoms with E-state index in [9.17, 15) is 14.7 Å². The molecule has 2 aromatic rings. The molecule has 2 heterocycles. The van der Waals surface area contributed by atoms with Crippen LogP contribution in [0.25, 0.3) is 11.2 Å². The van der Waals surface area contributed by atoms with Gasteiger partial charge in [0.25, 0.3) is 5.56 Å². The first-order valence-corrected chi connectivity index (χ1v) is 5.37. The molecule has 1 atom stereocenters. The van der Waals surface area contributed by atoms with Gasteiger partial charge in [-0.3, -0.25) is 13.9 Å². The van der Waals surface area contributed by atoms with Crippen LogP contribution in [0, 0.1) is 0 Å². The van der Waals surface area contributed by atoms with Crippen molar-refractivity contribution in [2.45, 2.75) is 12.6 Å². The Morgan fingerprint density at radius 3 is 2.61 bits per heavy atom. The zero-order valence-electron chi connectivity index (χ0n) is 10.1. The smallest absolute Gasteiger partial charge is 0.332 e. The van der Waals surface area contributed by atoms with E-state index in [1.165, 1.54) is 29.6 Å². The highest BCUT2D eigenvalue weighted by Crippen LogP contribution is 2.06. The molecular weight excluding hydrogens is 240 g/mol. The Kier molecular flexibility index (Phi) is 3.05. The number of hydrogen-bond acceptors (Lipinski definition) is 5. The quantitative estimate of drug-likeness (QED) is 0.646. The average molecular weight is 254 g/mol. The summed E-state index contributed by atoms with van der Waals surface area (Å²) in [5.41, 5.74) is -0.460. The van der Waals surface area contributed by atoms with Gasteiger partial charge in [-0.15, -0.1) is 0 Å². The molecule has 0 aromatic carbocycles. The molecule has 0 amide bonds. The molecular formula is C10H14N4O4. The topological polar surface area (TPSA) is 102 Å². The fourth-order valence-corrected chi connectivity index (χ4v) is 1.86. The highest BCUT2D eigenvalue weighted by molar-refractivity contribution is 5.69. The minimum atomic E-state index is -0.971. The van der Waals surface area contributed by atoms with E-state index in [-0.39, 0.29) is 12.1 Å². The molecule has 0 bridgehead atoms. The van der Waals surface area contributed by atoms with E-state index in [1.807, 2.05) is 0 Å². The summed E-state index contributed by atoms with van der Waals surface area (Å²) in [4.78, 5) is 27.6. The Labute approximate surface area is 101 Å². The molecule has 0 aliphatic heterocycles. The highest BCUT2D eigenvalue weighted by Gasteiger charge is 2.15. The molecule has 2 N–H and O–H groups in total. The van der Waals surface area contributed by atoms with Gasteiger partial charge in [-0.05, 0) is 0 Å². The van der Waals surface area contributed by atoms with Crippen LogP contribution in [0.3, 0.4) is 0 Å². The third kappa shape index (κ3) is 1.75. The molecule has 0 spiro atoms. The molecule has 0 radical (unpaired) electrons. The molecule has 8 nitrogen and oxygen atoms in total. The van der Waals surface area contributed by atoms with Gasteiger partial charge in [0.1, 0.15) is 5.65 Å². The molecule has 0 aliphatic carbocycles. The normalized spacial score (nSPS) is 13.1. The number of aliphatic hydroxyl groups is 2. The summed E-state index contributed by atoms with van der Waals surface area (Å²) in [5.74, 6) is 0. The van der Waals surface area contributed by atoms with Crippen LogP contribution in [-0.2, 0) is 20.6 Å². The number of aryl methyl sites for hydroxylation is 1. The summed E-state index contributed by atoms with van der Waals surface area (Å²) in [6.07, 6.45) is 0.395. The van der Waals surface area contributed by atoms with Crippen molar-refractivity contribution >= 4 is 11.2 Å². The van der Waals surface area contributed by atoms with E-state index < -0.39 is 24.0 Å². The number of fused-ring (bicyclic) bond motifs is 1. The second-order valence-electron chi connectivity index (χ2n) is 4.11. The van der Waals surface area contributed by atoms with Crippen molar-refractivity contribution in [3.63, 3.8) is 0 Å². The SMILES string of the molecule is Cn1c(=O)c2ncn(CC(O)CO)c2n(C)c1=O. The van der Waals surface area contributed by atoms with Gasteiger partial charge in [0.15, 0.2) is 5.52 Å². The summed E-state index contributed by atoms with van der Waals surface area (Å²) in [6, 6.07) is 0. The number of aromatic nitrogens is 4. The summed E-state index contributed by atoms with van der Waals surface area (Å²) in [5, 5.41) is 18.2. The third-order valence-corrected chi connectivity index (χ3v) is 2.83. The molecule has 0 fully saturated rings. The minimum Gasteiger partial charge on any atom is -0.394 e. The maximum absolute atomic E-state index is 11.8. The zero-order chi connectivity index (χ0) is 13.4. The van der Waals surface area contributed by atoms with Gasteiger partial charge >= 0.3 is 5.69 Å². The predicted molar refractivity (Wildman–Crippen MR) is 63.3 cm³/mol. The van der Waals surface area contributed by atoms with E-state index in [2.05, 4.69) is 4.98 Å². The van der Waals surface area contributed by atoms with Crippen LogP contribution in [0.5, 0.6) is 0 Å². The Morgan fingerprint density at radius 1 is 1.33 bits per heavy atom. The van der Waals surface area contributed by atoms with E-state index in [0.717, 1.165) is 4.57 Å². The summed E-state index contributed by atoms with van der Waals surface area (Å²) < 4.78 is 3.73. The average Bonchev–Trinajstić information content (AvgIpc) is 2.77. The Balaban J connectivity index is 2.74. The molecule has 98 valence electrons. The fraction of sp³-hybridized carbons (Fsp3) is 0.500. The van der Waals surface area contributed by atoms with Gasteiger partial charge in [-0.2, -0.15) is 0 Å². The van der Waals surface area contributed by atoms with Crippen molar-refractivity contribution in [3.05, 3.63) is 27.2 Å². The fourth-order valence-electron chi connectivity index (χ4n) is 1.86. The van der Waals surface area contributed by atoms with E-state index in [1.54, 1.807) is 0 Å². The largest absolute Gasteiger partial charge is 0.394 e. The minimum absolute atomic E-state index is 0.0629. The summed E-state index contributed by atoms with van der Waals surface area (Å²) in [7, 11) is 2.90. The summed E-state index contributed by atoms with van der Waals surface area (Å²) >= 11 is 0. The number of aliphatic hydroxyl groups excluding tert-OH is 2. The van der Waals surface area contributed by atoms with Crippen LogP contribution < -0.4 is 11.2 Å². The van der Waals surface area contributed by atoms with Gasteiger partial charge < -0.3 is 14.8 Å². The first-order valence-electron chi connectivity index (χ1n) is 5.37. The van der Waals surface area contributed by atoms with E-state index in [4.69, 9.17) is 5.11 Å². The maximum atomic E-state index is 11.8. The highest BCUT2D eigenvalue weighted by atomic mass is 16.3. The standard InChI is InChI=1S/C10H14N4O4/c1-12-8-7(9(17)13(2)10(12)18)11-5-14(8)3-6(16)4-15/h5-6,15-16H,3-4H2,1-2H3. The van der Waals surface area contributed by atoms with Gasteiger partial charge in [0, 0.05) is 14.1 Å². The number of imidazole rings is 1. The van der Waals surface area contributed by atoms with E-state index >= 15 is 0 Å². The summed E-state index contributed by atoms with van der Waals surface area (Å²) in [6.45, 7) is -0.341. The maximum Gasteiger partial charge on any atom is 0.332 e. The van der Waals surface area contributed by atoms with Crippen molar-refractivity contribution in [2.24, 2.45) is 14.1 Å². The van der Waals surface area contributed by atoms with Crippen LogP contribution in [0.1, 0.15) is 0 Å². The molecule has 2 aromatic heterocycles. The van der Waals surface area contributed by atoms with Gasteiger partial charge in [0.2, 0.25) is 0 Å². The monoisotopic (exact) mass is 254 g/mol. The van der Waals surface area contributed by atoms with Crippen LogP contribution >= 0.6 is 0 Å². The van der Waals surface area contributed by atoms with Crippen molar-refractivity contribution in [2.75, 3.05) is 6.61 Å². The first kappa shape index (κ1) is 12.5.